The number of ketones is 1. The summed E-state index contributed by atoms with van der Waals surface area (Å²) in [5, 5.41) is 1.58. The van der Waals surface area contributed by atoms with Crippen LogP contribution in [0.4, 0.5) is 14.5 Å². The Kier molecular flexibility index (Phi) is 4.81. The number of allylic oxidation sites excluding steroid dienone is 3. The molecule has 5 nitrogen and oxygen atoms in total. The molecule has 180 valence electrons. The van der Waals surface area contributed by atoms with Crippen molar-refractivity contribution in [2.24, 2.45) is 11.3 Å². The van der Waals surface area contributed by atoms with Crippen molar-refractivity contribution >= 4 is 17.4 Å². The largest absolute Gasteiger partial charge is 0.455 e. The van der Waals surface area contributed by atoms with Crippen LogP contribution in [0.15, 0.2) is 71.8 Å². The number of ether oxygens (including phenoxy) is 1. The Morgan fingerprint density at radius 3 is 2.49 bits per heavy atom. The molecule has 0 aromatic heterocycles. The van der Waals surface area contributed by atoms with Gasteiger partial charge in [0.1, 0.15) is 17.7 Å². The van der Waals surface area contributed by atoms with Gasteiger partial charge in [0.05, 0.1) is 11.7 Å². The zero-order chi connectivity index (χ0) is 24.5. The topological polar surface area (TPSA) is 55.8 Å². The van der Waals surface area contributed by atoms with Crippen molar-refractivity contribution in [3.63, 3.8) is 0 Å². The highest BCUT2D eigenvalue weighted by Gasteiger charge is 2.68. The zero-order valence-electron chi connectivity index (χ0n) is 19.5. The molecular formula is C28H25F2NO4. The van der Waals surface area contributed by atoms with E-state index in [0.717, 1.165) is 18.1 Å². The minimum absolute atomic E-state index is 0.0820. The molecule has 2 aliphatic carbocycles. The summed E-state index contributed by atoms with van der Waals surface area (Å²) in [5.74, 6) is -2.30. The Hall–Kier alpha value is -3.32. The van der Waals surface area contributed by atoms with Crippen LogP contribution in [0.2, 0.25) is 0 Å². The molecule has 0 bridgehead atoms. The summed E-state index contributed by atoms with van der Waals surface area (Å²) in [6.45, 7) is 3.85. The molecule has 6 rings (SSSR count). The zero-order valence-corrected chi connectivity index (χ0v) is 19.5. The first-order chi connectivity index (χ1) is 16.7. The molecule has 1 spiro atoms. The molecule has 0 radical (unpaired) electrons. The third-order valence-corrected chi connectivity index (χ3v) is 8.12. The number of rotatable bonds is 2. The number of para-hydroxylation sites is 1. The van der Waals surface area contributed by atoms with Gasteiger partial charge in [-0.05, 0) is 61.2 Å². The van der Waals surface area contributed by atoms with Crippen molar-refractivity contribution in [3.8, 4) is 0 Å². The number of benzene rings is 2. The molecular weight excluding hydrogens is 452 g/mol. The molecule has 2 aliphatic heterocycles. The lowest BCUT2D eigenvalue weighted by Gasteiger charge is -2.44. The maximum atomic E-state index is 14.2. The lowest BCUT2D eigenvalue weighted by molar-refractivity contribution is -0.157. The first kappa shape index (κ1) is 22.2. The van der Waals surface area contributed by atoms with E-state index in [2.05, 4.69) is 6.92 Å². The minimum atomic E-state index is -1.33. The van der Waals surface area contributed by atoms with Crippen LogP contribution in [-0.2, 0) is 19.2 Å². The summed E-state index contributed by atoms with van der Waals surface area (Å²) in [7, 11) is 0. The van der Waals surface area contributed by atoms with Crippen molar-refractivity contribution < 1.29 is 27.9 Å². The highest BCUT2D eigenvalue weighted by atomic mass is 19.1. The van der Waals surface area contributed by atoms with Crippen molar-refractivity contribution in [1.29, 1.82) is 0 Å². The number of hydrogen-bond donors (Lipinski definition) is 0. The predicted molar refractivity (Wildman–Crippen MR) is 124 cm³/mol. The fourth-order valence-corrected chi connectivity index (χ4v) is 6.40. The number of carbonyl (C=O) groups excluding carboxylic acids is 2. The van der Waals surface area contributed by atoms with E-state index in [1.165, 1.54) is 12.1 Å². The van der Waals surface area contributed by atoms with E-state index in [-0.39, 0.29) is 23.5 Å². The second-order valence-corrected chi connectivity index (χ2v) is 10.2. The fourth-order valence-electron chi connectivity index (χ4n) is 6.40. The van der Waals surface area contributed by atoms with Gasteiger partial charge >= 0.3 is 5.97 Å². The van der Waals surface area contributed by atoms with Gasteiger partial charge < -0.3 is 4.74 Å². The Balaban J connectivity index is 1.45. The van der Waals surface area contributed by atoms with Crippen LogP contribution >= 0.6 is 0 Å². The van der Waals surface area contributed by atoms with Crippen molar-refractivity contribution in [2.45, 2.75) is 50.9 Å². The van der Waals surface area contributed by atoms with Gasteiger partial charge in [0, 0.05) is 29.4 Å². The summed E-state index contributed by atoms with van der Waals surface area (Å²) in [6.07, 6.45) is 4.49. The van der Waals surface area contributed by atoms with Crippen LogP contribution in [-0.4, -0.2) is 23.5 Å². The normalized spacial score (nSPS) is 33.8. The minimum Gasteiger partial charge on any atom is -0.455 e. The van der Waals surface area contributed by atoms with Crippen LogP contribution in [0, 0.1) is 23.0 Å². The van der Waals surface area contributed by atoms with E-state index in [1.54, 1.807) is 18.1 Å². The second-order valence-electron chi connectivity index (χ2n) is 10.2. The standard InChI is InChI=1S/C28H25F2NO4/c1-16-23(32)9-11-27(2)10-8-21-25(24(16)27)34-26(33)28(21)15-22(17-12-18(29)14-19(30)13-17)31(35-28)20-6-4-3-5-7-20/h3-7,9,11-14,21-22,25H,8,10,15H2,1-2H3/t21-,22+,25+,27+,28+/m1/s1. The van der Waals surface area contributed by atoms with Crippen molar-refractivity contribution in [2.75, 3.05) is 5.06 Å². The van der Waals surface area contributed by atoms with Crippen LogP contribution in [0.25, 0.3) is 0 Å². The van der Waals surface area contributed by atoms with E-state index < -0.39 is 35.4 Å². The maximum Gasteiger partial charge on any atom is 0.342 e. The van der Waals surface area contributed by atoms with E-state index in [0.29, 0.717) is 23.2 Å². The molecule has 2 heterocycles. The molecule has 35 heavy (non-hydrogen) atoms. The first-order valence-electron chi connectivity index (χ1n) is 11.9. The van der Waals surface area contributed by atoms with E-state index >= 15 is 0 Å². The molecule has 0 amide bonds. The third kappa shape index (κ3) is 3.21. The molecule has 1 saturated carbocycles. The third-order valence-electron chi connectivity index (χ3n) is 8.12. The number of esters is 1. The SMILES string of the molecule is CC1=C2[C@H]3OC(=O)[C@]4(C[C@@H](c5cc(F)cc(F)c5)N(c5ccccc5)O4)[C@@H]3CC[C@@]2(C)C=CC1=O. The smallest absolute Gasteiger partial charge is 0.342 e. The van der Waals surface area contributed by atoms with Gasteiger partial charge in [0.2, 0.25) is 5.60 Å². The molecule has 0 unspecified atom stereocenters. The first-order valence-corrected chi connectivity index (χ1v) is 11.9. The monoisotopic (exact) mass is 477 g/mol. The lowest BCUT2D eigenvalue weighted by atomic mass is 9.60. The van der Waals surface area contributed by atoms with Gasteiger partial charge in [-0.1, -0.05) is 31.2 Å². The molecule has 4 aliphatic rings. The fraction of sp³-hybridized carbons (Fsp3) is 0.357. The number of hydrogen-bond acceptors (Lipinski definition) is 5. The number of hydroxylamine groups is 1. The molecule has 2 aromatic carbocycles. The Morgan fingerprint density at radius 2 is 1.77 bits per heavy atom. The molecule has 3 fully saturated rings. The summed E-state index contributed by atoms with van der Waals surface area (Å²) < 4.78 is 34.4. The van der Waals surface area contributed by atoms with Gasteiger partial charge in [0.25, 0.3) is 0 Å². The van der Waals surface area contributed by atoms with E-state index in [9.17, 15) is 18.4 Å². The quantitative estimate of drug-likeness (QED) is 0.544. The van der Waals surface area contributed by atoms with Crippen LogP contribution in [0.5, 0.6) is 0 Å². The maximum absolute atomic E-state index is 14.2. The van der Waals surface area contributed by atoms with E-state index in [4.69, 9.17) is 9.57 Å². The summed E-state index contributed by atoms with van der Waals surface area (Å²) in [6, 6.07) is 12.0. The average Bonchev–Trinajstić information content (AvgIpc) is 3.35. The van der Waals surface area contributed by atoms with Gasteiger partial charge in [-0.15, -0.1) is 0 Å². The van der Waals surface area contributed by atoms with Gasteiger partial charge in [0.15, 0.2) is 5.78 Å². The molecule has 7 heteroatoms. The van der Waals surface area contributed by atoms with E-state index in [1.807, 2.05) is 36.4 Å². The van der Waals surface area contributed by atoms with Crippen LogP contribution in [0.3, 0.4) is 0 Å². The number of anilines is 1. The average molecular weight is 478 g/mol. The number of nitrogens with zero attached hydrogens (tertiary/aromatic N) is 1. The molecule has 0 N–H and O–H groups in total. The van der Waals surface area contributed by atoms with Crippen LogP contribution < -0.4 is 5.06 Å². The summed E-state index contributed by atoms with van der Waals surface area (Å²) in [5.41, 5.74) is 0.798. The Labute approximate surface area is 202 Å². The van der Waals surface area contributed by atoms with Crippen molar-refractivity contribution in [1.82, 2.24) is 0 Å². The number of halogens is 2. The highest BCUT2D eigenvalue weighted by molar-refractivity contribution is 6.06. The lowest BCUT2D eigenvalue weighted by Crippen LogP contribution is -2.47. The Morgan fingerprint density at radius 1 is 1.06 bits per heavy atom. The van der Waals surface area contributed by atoms with Gasteiger partial charge in [-0.3, -0.25) is 9.63 Å². The molecule has 2 aromatic rings. The molecule has 5 atom stereocenters. The van der Waals surface area contributed by atoms with Crippen LogP contribution in [0.1, 0.15) is 44.7 Å². The van der Waals surface area contributed by atoms with Gasteiger partial charge in [-0.25, -0.2) is 18.6 Å². The van der Waals surface area contributed by atoms with Gasteiger partial charge in [-0.2, -0.15) is 0 Å². The van der Waals surface area contributed by atoms with Crippen molar-refractivity contribution in [3.05, 3.63) is 89.0 Å². The molecule has 2 saturated heterocycles. The summed E-state index contributed by atoms with van der Waals surface area (Å²) >= 11 is 0. The highest BCUT2D eigenvalue weighted by Crippen LogP contribution is 2.59. The second kappa shape index (κ2) is 7.59. The predicted octanol–water partition coefficient (Wildman–Crippen LogP) is 5.38. The number of carbonyl (C=O) groups is 2. The summed E-state index contributed by atoms with van der Waals surface area (Å²) in [4.78, 5) is 32.6. The number of fused-ring (bicyclic) bond motifs is 4. The Bertz CT molecular complexity index is 1290.